The molecule has 12 heteroatoms. The Balaban J connectivity index is 1.96. The normalized spacial score (nSPS) is 12.0. The van der Waals surface area contributed by atoms with Gasteiger partial charge in [0.15, 0.2) is 11.5 Å². The number of methoxy groups -OCH3 is 3. The molecule has 4 rings (SSSR count). The van der Waals surface area contributed by atoms with Crippen LogP contribution in [0.25, 0.3) is 22.4 Å². The van der Waals surface area contributed by atoms with E-state index >= 15 is 0 Å². The molecule has 0 saturated heterocycles. The van der Waals surface area contributed by atoms with Crippen LogP contribution in [0.3, 0.4) is 0 Å². The molecule has 1 unspecified atom stereocenters. The van der Waals surface area contributed by atoms with Gasteiger partial charge in [-0.2, -0.15) is 0 Å². The topological polar surface area (TPSA) is 149 Å². The summed E-state index contributed by atoms with van der Waals surface area (Å²) in [5.74, 6) is 0.341. The number of aliphatic hydroxyl groups is 1. The lowest BCUT2D eigenvalue weighted by molar-refractivity contribution is 0.0922. The Hall–Kier alpha value is -4.55. The van der Waals surface area contributed by atoms with Crippen LogP contribution in [0.15, 0.2) is 66.0 Å². The Kier molecular flexibility index (Phi) is 8.55. The molecule has 11 nitrogen and oxygen atoms in total. The molecule has 0 radical (unpaired) electrons. The van der Waals surface area contributed by atoms with Crippen LogP contribution < -0.4 is 19.5 Å². The molecule has 1 atom stereocenters. The standard InChI is InChI=1S/C29H31N3O8S/c1-17-6-7-23(34)12-27(17)41(36,37)32-15-22(20-8-21(14-30-13-20)29(35)31-18(2)16-33)9-24(32)19-10-25(38-3)28(40-5)26(11-19)39-4/h6-15,18,33-34H,16H2,1-5H3,(H,31,35). The number of hydrogen-bond acceptors (Lipinski definition) is 9. The highest BCUT2D eigenvalue weighted by Crippen LogP contribution is 2.43. The third-order valence-corrected chi connectivity index (χ3v) is 8.26. The van der Waals surface area contributed by atoms with E-state index in [0.29, 0.717) is 39.5 Å². The molecule has 0 fully saturated rings. The van der Waals surface area contributed by atoms with Gasteiger partial charge in [0.05, 0.1) is 44.1 Å². The number of aromatic nitrogens is 2. The fourth-order valence-electron chi connectivity index (χ4n) is 4.29. The number of nitrogens with zero attached hydrogens (tertiary/aromatic N) is 2. The molecule has 0 aliphatic heterocycles. The number of carbonyl (C=O) groups is 1. The summed E-state index contributed by atoms with van der Waals surface area (Å²) in [4.78, 5) is 16.8. The molecule has 0 saturated carbocycles. The Bertz CT molecular complexity index is 1670. The molecular weight excluding hydrogens is 550 g/mol. The molecule has 2 heterocycles. The van der Waals surface area contributed by atoms with Crippen molar-refractivity contribution in [1.82, 2.24) is 14.3 Å². The lowest BCUT2D eigenvalue weighted by Crippen LogP contribution is -2.35. The van der Waals surface area contributed by atoms with Gasteiger partial charge in [-0.15, -0.1) is 0 Å². The Labute approximate surface area is 238 Å². The third-order valence-electron chi connectivity index (χ3n) is 6.44. The number of aryl methyl sites for hydroxylation is 1. The summed E-state index contributed by atoms with van der Waals surface area (Å²) in [5, 5.41) is 22.0. The van der Waals surface area contributed by atoms with E-state index in [9.17, 15) is 23.4 Å². The van der Waals surface area contributed by atoms with Gasteiger partial charge in [0.25, 0.3) is 15.9 Å². The van der Waals surface area contributed by atoms with Crippen molar-refractivity contribution in [3.63, 3.8) is 0 Å². The van der Waals surface area contributed by atoms with Crippen LogP contribution in [0.5, 0.6) is 23.0 Å². The molecule has 3 N–H and O–H groups in total. The molecule has 0 bridgehead atoms. The van der Waals surface area contributed by atoms with Gasteiger partial charge in [-0.25, -0.2) is 12.4 Å². The molecule has 1 amide bonds. The van der Waals surface area contributed by atoms with Gasteiger partial charge in [-0.1, -0.05) is 6.07 Å². The number of benzene rings is 2. The minimum atomic E-state index is -4.24. The molecule has 0 aliphatic carbocycles. The minimum Gasteiger partial charge on any atom is -0.508 e. The highest BCUT2D eigenvalue weighted by atomic mass is 32.2. The molecule has 0 spiro atoms. The fourth-order valence-corrected chi connectivity index (χ4v) is 5.91. The number of hydrogen-bond donors (Lipinski definition) is 3. The van der Waals surface area contributed by atoms with Crippen molar-refractivity contribution in [2.45, 2.75) is 24.8 Å². The maximum atomic E-state index is 14.1. The first-order valence-corrected chi connectivity index (χ1v) is 13.9. The molecular formula is C29H31N3O8S. The molecule has 41 heavy (non-hydrogen) atoms. The van der Waals surface area contributed by atoms with Crippen molar-refractivity contribution in [2.24, 2.45) is 0 Å². The van der Waals surface area contributed by atoms with Gasteiger partial charge in [-0.05, 0) is 49.7 Å². The van der Waals surface area contributed by atoms with Crippen molar-refractivity contribution < 1.29 is 37.6 Å². The van der Waals surface area contributed by atoms with Crippen LogP contribution in [0.4, 0.5) is 0 Å². The van der Waals surface area contributed by atoms with E-state index < -0.39 is 22.0 Å². The molecule has 4 aromatic rings. The van der Waals surface area contributed by atoms with E-state index in [1.54, 1.807) is 38.1 Å². The van der Waals surface area contributed by atoms with Crippen LogP contribution in [-0.4, -0.2) is 67.5 Å². The first-order valence-electron chi connectivity index (χ1n) is 12.5. The van der Waals surface area contributed by atoms with E-state index in [2.05, 4.69) is 10.3 Å². The summed E-state index contributed by atoms with van der Waals surface area (Å²) in [6.07, 6.45) is 4.32. The number of rotatable bonds is 10. The number of nitrogens with one attached hydrogen (secondary N) is 1. The monoisotopic (exact) mass is 581 g/mol. The number of phenolic OH excluding ortho intramolecular Hbond substituents is 1. The average Bonchev–Trinajstić information content (AvgIpc) is 3.44. The zero-order chi connectivity index (χ0) is 29.9. The predicted molar refractivity (Wildman–Crippen MR) is 152 cm³/mol. The van der Waals surface area contributed by atoms with Gasteiger partial charge in [0.2, 0.25) is 5.75 Å². The van der Waals surface area contributed by atoms with Crippen molar-refractivity contribution in [2.75, 3.05) is 27.9 Å². The predicted octanol–water partition coefficient (Wildman–Crippen LogP) is 3.60. The molecule has 2 aromatic heterocycles. The minimum absolute atomic E-state index is 0.0856. The van der Waals surface area contributed by atoms with Crippen LogP contribution in [-0.2, 0) is 10.0 Å². The van der Waals surface area contributed by atoms with Crippen molar-refractivity contribution in [3.8, 4) is 45.4 Å². The third kappa shape index (κ3) is 5.83. The maximum Gasteiger partial charge on any atom is 0.268 e. The first-order chi connectivity index (χ1) is 19.5. The molecule has 2 aromatic carbocycles. The Morgan fingerprint density at radius 2 is 1.66 bits per heavy atom. The number of phenols is 1. The van der Waals surface area contributed by atoms with Crippen LogP contribution in [0.2, 0.25) is 0 Å². The second kappa shape index (κ2) is 11.9. The number of aliphatic hydroxyl groups excluding tert-OH is 1. The lowest BCUT2D eigenvalue weighted by Gasteiger charge is -2.16. The van der Waals surface area contributed by atoms with Gasteiger partial charge in [0, 0.05) is 47.4 Å². The van der Waals surface area contributed by atoms with Gasteiger partial charge >= 0.3 is 0 Å². The highest BCUT2D eigenvalue weighted by Gasteiger charge is 2.26. The smallest absolute Gasteiger partial charge is 0.268 e. The van der Waals surface area contributed by atoms with Crippen molar-refractivity contribution in [1.29, 1.82) is 0 Å². The molecule has 0 aliphatic rings. The van der Waals surface area contributed by atoms with Crippen LogP contribution >= 0.6 is 0 Å². The second-order valence-corrected chi connectivity index (χ2v) is 11.1. The van der Waals surface area contributed by atoms with Gasteiger partial charge in [0.1, 0.15) is 5.75 Å². The Morgan fingerprint density at radius 1 is 0.976 bits per heavy atom. The van der Waals surface area contributed by atoms with Gasteiger partial charge < -0.3 is 29.7 Å². The van der Waals surface area contributed by atoms with E-state index in [0.717, 1.165) is 3.97 Å². The van der Waals surface area contributed by atoms with E-state index in [1.165, 1.54) is 58.1 Å². The quantitative estimate of drug-likeness (QED) is 0.255. The number of pyridine rings is 1. The molecule has 216 valence electrons. The van der Waals surface area contributed by atoms with Crippen molar-refractivity contribution in [3.05, 3.63) is 72.2 Å². The number of carbonyl (C=O) groups excluding carboxylic acids is 1. The lowest BCUT2D eigenvalue weighted by atomic mass is 10.1. The summed E-state index contributed by atoms with van der Waals surface area (Å²) < 4.78 is 45.6. The highest BCUT2D eigenvalue weighted by molar-refractivity contribution is 7.90. The summed E-state index contributed by atoms with van der Waals surface area (Å²) in [7, 11) is 0.137. The zero-order valence-electron chi connectivity index (χ0n) is 23.2. The van der Waals surface area contributed by atoms with Crippen LogP contribution in [0, 0.1) is 6.92 Å². The van der Waals surface area contributed by atoms with Crippen LogP contribution in [0.1, 0.15) is 22.8 Å². The first kappa shape index (κ1) is 29.4. The average molecular weight is 582 g/mol. The maximum absolute atomic E-state index is 14.1. The van der Waals surface area contributed by atoms with E-state index in [1.807, 2.05) is 0 Å². The largest absolute Gasteiger partial charge is 0.508 e. The second-order valence-electron chi connectivity index (χ2n) is 9.30. The number of amides is 1. The fraction of sp³-hybridized carbons (Fsp3) is 0.241. The van der Waals surface area contributed by atoms with Gasteiger partial charge in [-0.3, -0.25) is 9.78 Å². The summed E-state index contributed by atoms with van der Waals surface area (Å²) >= 11 is 0. The summed E-state index contributed by atoms with van der Waals surface area (Å²) in [5.41, 5.74) is 2.29. The van der Waals surface area contributed by atoms with Crippen molar-refractivity contribution >= 4 is 15.9 Å². The summed E-state index contributed by atoms with van der Waals surface area (Å²) in [6, 6.07) is 10.1. The Morgan fingerprint density at radius 3 is 2.27 bits per heavy atom. The van der Waals surface area contributed by atoms with E-state index in [-0.39, 0.29) is 28.5 Å². The number of aromatic hydroxyl groups is 1. The SMILES string of the molecule is COc1cc(-c2cc(-c3cncc(C(=O)NC(C)CO)c3)cn2S(=O)(=O)c2cc(O)ccc2C)cc(OC)c1OC. The summed E-state index contributed by atoms with van der Waals surface area (Å²) in [6.45, 7) is 3.06. The zero-order valence-corrected chi connectivity index (χ0v) is 24.0. The van der Waals surface area contributed by atoms with E-state index in [4.69, 9.17) is 14.2 Å². The number of ether oxygens (including phenoxy) is 3.